The average Bonchev–Trinajstić information content (AvgIpc) is 1.97. The number of alkyl halides is 3. The highest BCUT2D eigenvalue weighted by Gasteiger charge is 2.34. The quantitative estimate of drug-likeness (QED) is 0.650. The van der Waals surface area contributed by atoms with E-state index in [2.05, 4.69) is 11.7 Å². The molecule has 0 aliphatic carbocycles. The van der Waals surface area contributed by atoms with Gasteiger partial charge in [0, 0.05) is 0 Å². The summed E-state index contributed by atoms with van der Waals surface area (Å²) in [6.45, 7) is 6.96. The lowest BCUT2D eigenvalue weighted by Gasteiger charge is -2.22. The summed E-state index contributed by atoms with van der Waals surface area (Å²) in [6.07, 6.45) is -4.54. The van der Waals surface area contributed by atoms with Gasteiger partial charge in [-0.1, -0.05) is 27.2 Å². The molecule has 0 bridgehead atoms. The molecule has 73 valence electrons. The van der Waals surface area contributed by atoms with E-state index in [1.807, 2.05) is 6.92 Å². The Hall–Kier alpha value is -0.250. The Morgan fingerprint density at radius 2 is 1.92 bits per heavy atom. The van der Waals surface area contributed by atoms with Crippen molar-refractivity contribution in [3.63, 3.8) is 0 Å². The van der Waals surface area contributed by atoms with Crippen LogP contribution in [0.15, 0.2) is 0 Å². The minimum atomic E-state index is -4.54. The molecule has 0 amide bonds. The number of hydrogen-bond donors (Lipinski definition) is 0. The Kier molecular flexibility index (Phi) is 4.60. The zero-order valence-electron chi connectivity index (χ0n) is 7.32. The summed E-state index contributed by atoms with van der Waals surface area (Å²) >= 11 is 0. The second-order valence-electron chi connectivity index (χ2n) is 2.78. The van der Waals surface area contributed by atoms with Crippen LogP contribution in [0.25, 0.3) is 0 Å². The Balaban J connectivity index is 3.99. The summed E-state index contributed by atoms with van der Waals surface area (Å²) in [7, 11) is 0. The van der Waals surface area contributed by atoms with E-state index in [-0.39, 0.29) is 12.3 Å². The predicted octanol–water partition coefficient (Wildman–Crippen LogP) is 3.16. The van der Waals surface area contributed by atoms with Crippen molar-refractivity contribution in [2.24, 2.45) is 5.92 Å². The van der Waals surface area contributed by atoms with E-state index in [0.717, 1.165) is 0 Å². The average molecular weight is 183 g/mol. The Labute approximate surface area is 70.9 Å². The smallest absolute Gasteiger partial charge is 0.288 e. The van der Waals surface area contributed by atoms with Gasteiger partial charge >= 0.3 is 6.36 Å². The maximum absolute atomic E-state index is 11.7. The van der Waals surface area contributed by atoms with Gasteiger partial charge in [0.25, 0.3) is 0 Å². The molecule has 0 rings (SSSR count). The van der Waals surface area contributed by atoms with Gasteiger partial charge in [0.1, 0.15) is 0 Å². The molecule has 4 heteroatoms. The number of ether oxygens (including phenoxy) is 1. The highest BCUT2D eigenvalue weighted by molar-refractivity contribution is 4.66. The molecule has 0 aliphatic rings. The van der Waals surface area contributed by atoms with Crippen LogP contribution in [0.3, 0.4) is 0 Å². The van der Waals surface area contributed by atoms with Crippen LogP contribution in [-0.2, 0) is 4.74 Å². The maximum Gasteiger partial charge on any atom is 0.522 e. The van der Waals surface area contributed by atoms with Crippen molar-refractivity contribution in [1.82, 2.24) is 0 Å². The molecule has 1 nitrogen and oxygen atoms in total. The largest absolute Gasteiger partial charge is 0.522 e. The number of rotatable bonds is 4. The fraction of sp³-hybridized carbons (Fsp3) is 0.875. The van der Waals surface area contributed by atoms with Crippen molar-refractivity contribution in [1.29, 1.82) is 0 Å². The molecule has 1 radical (unpaired) electrons. The van der Waals surface area contributed by atoms with Crippen molar-refractivity contribution in [3.05, 3.63) is 6.92 Å². The van der Waals surface area contributed by atoms with Crippen molar-refractivity contribution >= 4 is 0 Å². The van der Waals surface area contributed by atoms with Crippen LogP contribution < -0.4 is 0 Å². The summed E-state index contributed by atoms with van der Waals surface area (Å²) in [4.78, 5) is 0. The molecular formula is C8H14F3O. The predicted molar refractivity (Wildman–Crippen MR) is 40.4 cm³/mol. The normalized spacial score (nSPS) is 17.5. The molecule has 0 aliphatic heterocycles. The second-order valence-corrected chi connectivity index (χ2v) is 2.78. The van der Waals surface area contributed by atoms with Crippen LogP contribution in [0.5, 0.6) is 0 Å². The van der Waals surface area contributed by atoms with Gasteiger partial charge < -0.3 is 0 Å². The molecular weight excluding hydrogens is 169 g/mol. The van der Waals surface area contributed by atoms with E-state index >= 15 is 0 Å². The SMILES string of the molecule is [CH2]CC(OC(F)(F)F)C(C)CC. The van der Waals surface area contributed by atoms with Crippen molar-refractivity contribution in [2.75, 3.05) is 0 Å². The van der Waals surface area contributed by atoms with Gasteiger partial charge in [-0.15, -0.1) is 13.2 Å². The van der Waals surface area contributed by atoms with Gasteiger partial charge in [0.2, 0.25) is 0 Å². The molecule has 12 heavy (non-hydrogen) atoms. The molecule has 0 spiro atoms. The first kappa shape index (κ1) is 11.8. The maximum atomic E-state index is 11.7. The third kappa shape index (κ3) is 4.59. The van der Waals surface area contributed by atoms with E-state index in [9.17, 15) is 13.2 Å². The lowest BCUT2D eigenvalue weighted by Crippen LogP contribution is -2.28. The van der Waals surface area contributed by atoms with E-state index in [1.165, 1.54) is 0 Å². The minimum absolute atomic E-state index is 0.107. The summed E-state index contributed by atoms with van der Waals surface area (Å²) < 4.78 is 39.1. The topological polar surface area (TPSA) is 9.23 Å². The van der Waals surface area contributed by atoms with Crippen molar-refractivity contribution in [3.8, 4) is 0 Å². The van der Waals surface area contributed by atoms with Gasteiger partial charge in [0.05, 0.1) is 6.10 Å². The van der Waals surface area contributed by atoms with Gasteiger partial charge in [-0.05, 0) is 12.3 Å². The lowest BCUT2D eigenvalue weighted by atomic mass is 10.00. The zero-order valence-corrected chi connectivity index (χ0v) is 7.32. The Morgan fingerprint density at radius 3 is 2.17 bits per heavy atom. The zero-order chi connectivity index (χ0) is 9.78. The van der Waals surface area contributed by atoms with Crippen molar-refractivity contribution in [2.45, 2.75) is 39.2 Å². The molecule has 0 saturated carbocycles. The van der Waals surface area contributed by atoms with E-state index in [1.54, 1.807) is 6.92 Å². The molecule has 0 aromatic heterocycles. The molecule has 2 unspecified atom stereocenters. The van der Waals surface area contributed by atoms with Crippen LogP contribution in [0.2, 0.25) is 0 Å². The fourth-order valence-corrected chi connectivity index (χ4v) is 0.894. The van der Waals surface area contributed by atoms with Crippen LogP contribution in [0, 0.1) is 12.8 Å². The fourth-order valence-electron chi connectivity index (χ4n) is 0.894. The molecule has 0 N–H and O–H groups in total. The number of halogens is 3. The van der Waals surface area contributed by atoms with Crippen LogP contribution in [-0.4, -0.2) is 12.5 Å². The van der Waals surface area contributed by atoms with Gasteiger partial charge in [-0.2, -0.15) is 0 Å². The third-order valence-electron chi connectivity index (χ3n) is 1.85. The summed E-state index contributed by atoms with van der Waals surface area (Å²) in [5.41, 5.74) is 0. The molecule has 0 fully saturated rings. The lowest BCUT2D eigenvalue weighted by molar-refractivity contribution is -0.347. The molecule has 2 atom stereocenters. The number of hydrogen-bond acceptors (Lipinski definition) is 1. The molecule has 0 saturated heterocycles. The molecule has 0 heterocycles. The third-order valence-corrected chi connectivity index (χ3v) is 1.85. The second kappa shape index (κ2) is 4.70. The van der Waals surface area contributed by atoms with Crippen LogP contribution in [0.1, 0.15) is 26.7 Å². The summed E-state index contributed by atoms with van der Waals surface area (Å²) in [5, 5.41) is 0. The summed E-state index contributed by atoms with van der Waals surface area (Å²) in [5.74, 6) is -0.107. The highest BCUT2D eigenvalue weighted by atomic mass is 19.4. The van der Waals surface area contributed by atoms with Crippen molar-refractivity contribution < 1.29 is 17.9 Å². The molecule has 0 aromatic rings. The van der Waals surface area contributed by atoms with E-state index in [0.29, 0.717) is 6.42 Å². The van der Waals surface area contributed by atoms with Gasteiger partial charge in [-0.3, -0.25) is 4.74 Å². The molecule has 0 aromatic carbocycles. The minimum Gasteiger partial charge on any atom is -0.288 e. The standard InChI is InChI=1S/C8H14F3O/c1-4-6(3)7(5-2)12-8(9,10)11/h6-7H,2,4-5H2,1,3H3. The van der Waals surface area contributed by atoms with Crippen LogP contribution >= 0.6 is 0 Å². The van der Waals surface area contributed by atoms with Gasteiger partial charge in [-0.25, -0.2) is 0 Å². The first-order chi connectivity index (χ1) is 5.40. The first-order valence-corrected chi connectivity index (χ1v) is 3.94. The highest BCUT2D eigenvalue weighted by Crippen LogP contribution is 2.25. The Morgan fingerprint density at radius 1 is 1.42 bits per heavy atom. The van der Waals surface area contributed by atoms with Crippen LogP contribution in [0.4, 0.5) is 13.2 Å². The first-order valence-electron chi connectivity index (χ1n) is 3.94. The monoisotopic (exact) mass is 183 g/mol. The van der Waals surface area contributed by atoms with Gasteiger partial charge in [0.15, 0.2) is 0 Å². The Bertz CT molecular complexity index is 122. The van der Waals surface area contributed by atoms with E-state index in [4.69, 9.17) is 0 Å². The summed E-state index contributed by atoms with van der Waals surface area (Å²) in [6, 6.07) is 0. The van der Waals surface area contributed by atoms with E-state index < -0.39 is 12.5 Å².